The first-order chi connectivity index (χ1) is 17.9. The van der Waals surface area contributed by atoms with Gasteiger partial charge in [0.1, 0.15) is 5.75 Å². The van der Waals surface area contributed by atoms with E-state index in [-0.39, 0.29) is 0 Å². The van der Waals surface area contributed by atoms with E-state index in [2.05, 4.69) is 54.8 Å². The molecular weight excluding hydrogens is 454 g/mol. The molecule has 37 heavy (non-hydrogen) atoms. The average molecular weight is 496 g/mol. The third-order valence-corrected chi connectivity index (χ3v) is 11.6. The molecule has 0 N–H and O–H groups in total. The molecule has 6 atom stereocenters. The first-order valence-corrected chi connectivity index (χ1v) is 14.7. The Morgan fingerprint density at radius 1 is 0.865 bits per heavy atom. The minimum atomic E-state index is -0.411. The lowest BCUT2D eigenvalue weighted by Gasteiger charge is -2.73. The van der Waals surface area contributed by atoms with Crippen LogP contribution >= 0.6 is 0 Å². The Balaban J connectivity index is 1.30. The third-order valence-electron chi connectivity index (χ3n) is 11.6. The van der Waals surface area contributed by atoms with E-state index in [1.807, 2.05) is 12.1 Å². The normalized spacial score (nSPS) is 37.4. The minimum Gasteiger partial charge on any atom is -0.423 e. The van der Waals surface area contributed by atoms with Crippen LogP contribution < -0.4 is 9.64 Å². The number of hydrogen-bond acceptors (Lipinski definition) is 3. The summed E-state index contributed by atoms with van der Waals surface area (Å²) in [6, 6.07) is 17.9. The Morgan fingerprint density at radius 2 is 1.51 bits per heavy atom. The summed E-state index contributed by atoms with van der Waals surface area (Å²) in [4.78, 5) is 14.4. The molecule has 5 aliphatic rings. The first kappa shape index (κ1) is 23.6. The standard InChI is InChI=1S/C34H41NO2/c1-3-31(36)37-29-13-11-28(12-14-29)35(27-9-7-24(2)8-10-27)30-17-19-32-18-15-25-5-4-6-26-16-20-33(30,21-32)23-34(25,26)22-32/h3,7-14,25-26,30H,1,4-6,15-23H2,2H3. The molecule has 2 aromatic rings. The summed E-state index contributed by atoms with van der Waals surface area (Å²) in [6.45, 7) is 5.70. The molecule has 0 saturated heterocycles. The summed E-state index contributed by atoms with van der Waals surface area (Å²) >= 11 is 0. The van der Waals surface area contributed by atoms with Crippen LogP contribution in [0.15, 0.2) is 61.2 Å². The molecule has 0 heterocycles. The maximum Gasteiger partial charge on any atom is 0.335 e. The van der Waals surface area contributed by atoms with Gasteiger partial charge in [-0.3, -0.25) is 0 Å². The van der Waals surface area contributed by atoms with Gasteiger partial charge in [-0.05, 0) is 142 Å². The molecule has 7 rings (SSSR count). The Kier molecular flexibility index (Phi) is 5.40. The van der Waals surface area contributed by atoms with Gasteiger partial charge in [-0.1, -0.05) is 30.7 Å². The summed E-state index contributed by atoms with van der Waals surface area (Å²) in [5.41, 5.74) is 5.44. The molecule has 3 nitrogen and oxygen atoms in total. The number of carbonyl (C=O) groups excluding carboxylic acids is 1. The van der Waals surface area contributed by atoms with Gasteiger partial charge in [0.15, 0.2) is 0 Å². The largest absolute Gasteiger partial charge is 0.423 e. The molecule has 3 heteroatoms. The van der Waals surface area contributed by atoms with Crippen LogP contribution in [-0.2, 0) is 4.79 Å². The molecule has 194 valence electrons. The predicted molar refractivity (Wildman–Crippen MR) is 149 cm³/mol. The molecule has 2 aromatic carbocycles. The lowest BCUT2D eigenvalue weighted by Crippen LogP contribution is -2.66. The molecule has 5 saturated carbocycles. The number of benzene rings is 2. The second-order valence-corrected chi connectivity index (χ2v) is 13.4. The van der Waals surface area contributed by atoms with Crippen molar-refractivity contribution in [2.24, 2.45) is 28.1 Å². The van der Waals surface area contributed by atoms with Crippen molar-refractivity contribution < 1.29 is 9.53 Å². The van der Waals surface area contributed by atoms with E-state index >= 15 is 0 Å². The van der Waals surface area contributed by atoms with Crippen LogP contribution in [0.2, 0.25) is 0 Å². The molecule has 6 unspecified atom stereocenters. The van der Waals surface area contributed by atoms with Gasteiger partial charge in [-0.2, -0.15) is 0 Å². The van der Waals surface area contributed by atoms with Crippen LogP contribution in [0.1, 0.15) is 82.6 Å². The van der Waals surface area contributed by atoms with E-state index in [4.69, 9.17) is 4.74 Å². The van der Waals surface area contributed by atoms with Crippen molar-refractivity contribution in [3.8, 4) is 5.75 Å². The van der Waals surface area contributed by atoms with Gasteiger partial charge in [0.05, 0.1) is 0 Å². The van der Waals surface area contributed by atoms with Crippen molar-refractivity contribution in [1.82, 2.24) is 0 Å². The summed E-state index contributed by atoms with van der Waals surface area (Å²) in [6.07, 6.45) is 18.6. The van der Waals surface area contributed by atoms with Crippen molar-refractivity contribution in [2.45, 2.75) is 90.0 Å². The van der Waals surface area contributed by atoms with E-state index in [9.17, 15) is 4.79 Å². The number of anilines is 2. The maximum atomic E-state index is 11.8. The highest BCUT2D eigenvalue weighted by molar-refractivity contribution is 5.83. The van der Waals surface area contributed by atoms with Gasteiger partial charge in [0.25, 0.3) is 0 Å². The molecule has 0 aliphatic heterocycles. The van der Waals surface area contributed by atoms with E-state index < -0.39 is 5.97 Å². The molecule has 3 spiro atoms. The van der Waals surface area contributed by atoms with Crippen molar-refractivity contribution in [3.05, 3.63) is 66.7 Å². The molecule has 5 fully saturated rings. The van der Waals surface area contributed by atoms with Gasteiger partial charge in [-0.25, -0.2) is 4.79 Å². The van der Waals surface area contributed by atoms with Gasteiger partial charge in [0, 0.05) is 23.5 Å². The Bertz CT molecular complexity index is 1190. The Hall–Kier alpha value is -2.55. The van der Waals surface area contributed by atoms with Crippen LogP contribution in [0.3, 0.4) is 0 Å². The molecule has 0 radical (unpaired) electrons. The van der Waals surface area contributed by atoms with Crippen LogP contribution in [0.5, 0.6) is 5.75 Å². The van der Waals surface area contributed by atoms with Crippen molar-refractivity contribution in [3.63, 3.8) is 0 Å². The molecule has 0 aromatic heterocycles. The zero-order valence-corrected chi connectivity index (χ0v) is 22.4. The second-order valence-electron chi connectivity index (χ2n) is 13.4. The highest BCUT2D eigenvalue weighted by atomic mass is 16.5. The summed E-state index contributed by atoms with van der Waals surface area (Å²) in [5.74, 6) is 2.12. The van der Waals surface area contributed by atoms with E-state index in [1.54, 1.807) is 0 Å². The summed E-state index contributed by atoms with van der Waals surface area (Å²) in [5, 5.41) is 0. The number of esters is 1. The molecule has 5 aliphatic carbocycles. The second kappa shape index (κ2) is 8.48. The predicted octanol–water partition coefficient (Wildman–Crippen LogP) is 8.53. The topological polar surface area (TPSA) is 29.5 Å². The maximum absolute atomic E-state index is 11.8. The van der Waals surface area contributed by atoms with Gasteiger partial charge < -0.3 is 9.64 Å². The van der Waals surface area contributed by atoms with Crippen molar-refractivity contribution >= 4 is 17.3 Å². The smallest absolute Gasteiger partial charge is 0.335 e. The van der Waals surface area contributed by atoms with Crippen LogP contribution in [-0.4, -0.2) is 12.0 Å². The minimum absolute atomic E-state index is 0.405. The number of nitrogens with zero attached hydrogens (tertiary/aromatic N) is 1. The summed E-state index contributed by atoms with van der Waals surface area (Å²) < 4.78 is 5.41. The zero-order valence-electron chi connectivity index (χ0n) is 22.4. The van der Waals surface area contributed by atoms with Crippen molar-refractivity contribution in [2.75, 3.05) is 4.90 Å². The number of carbonyl (C=O) groups is 1. The number of hydrogen-bond donors (Lipinski definition) is 0. The number of rotatable bonds is 5. The Labute approximate surface area is 222 Å². The fourth-order valence-corrected chi connectivity index (χ4v) is 10.4. The quantitative estimate of drug-likeness (QED) is 0.236. The van der Waals surface area contributed by atoms with E-state index in [0.717, 1.165) is 11.8 Å². The van der Waals surface area contributed by atoms with E-state index in [0.29, 0.717) is 28.0 Å². The average Bonchev–Trinajstić information content (AvgIpc) is 2.90. The first-order valence-electron chi connectivity index (χ1n) is 14.7. The molecule has 3 bridgehead atoms. The Morgan fingerprint density at radius 3 is 2.22 bits per heavy atom. The molecule has 0 amide bonds. The van der Waals surface area contributed by atoms with Crippen molar-refractivity contribution in [1.29, 1.82) is 0 Å². The third kappa shape index (κ3) is 3.63. The van der Waals surface area contributed by atoms with Gasteiger partial charge in [-0.15, -0.1) is 0 Å². The highest BCUT2D eigenvalue weighted by Gasteiger charge is 2.68. The van der Waals surface area contributed by atoms with E-state index in [1.165, 1.54) is 100 Å². The van der Waals surface area contributed by atoms with Gasteiger partial charge in [0.2, 0.25) is 0 Å². The number of ether oxygens (including phenoxy) is 1. The fraction of sp³-hybridized carbons (Fsp3) is 0.559. The highest BCUT2D eigenvalue weighted by Crippen LogP contribution is 2.76. The lowest BCUT2D eigenvalue weighted by atomic mass is 9.33. The van der Waals surface area contributed by atoms with Crippen LogP contribution in [0.4, 0.5) is 11.4 Å². The van der Waals surface area contributed by atoms with Gasteiger partial charge >= 0.3 is 5.97 Å². The monoisotopic (exact) mass is 495 g/mol. The number of aryl methyl sites for hydroxylation is 1. The SMILES string of the molecule is C=CC(=O)Oc1ccc(N(c2ccc(C)cc2)C2CCC34CCC5CCCC6CCC2(C3)CC56C4)cc1. The van der Waals surface area contributed by atoms with Crippen LogP contribution in [0, 0.1) is 35.0 Å². The lowest BCUT2D eigenvalue weighted by molar-refractivity contribution is -0.210. The zero-order chi connectivity index (χ0) is 25.3. The molecular formula is C34H41NO2. The summed E-state index contributed by atoms with van der Waals surface area (Å²) in [7, 11) is 0. The van der Waals surface area contributed by atoms with Crippen LogP contribution in [0.25, 0.3) is 0 Å². The fourth-order valence-electron chi connectivity index (χ4n) is 10.4.